The summed E-state index contributed by atoms with van der Waals surface area (Å²) in [6.07, 6.45) is -4.94. The Morgan fingerprint density at radius 2 is 1.58 bits per heavy atom. The predicted octanol–water partition coefficient (Wildman–Crippen LogP) is 6.17. The maximum absolute atomic E-state index is 13.8. The van der Waals surface area contributed by atoms with Gasteiger partial charge >= 0.3 is 6.18 Å². The number of rotatable bonds is 3. The lowest BCUT2D eigenvalue weighted by atomic mass is 10.1. The van der Waals surface area contributed by atoms with Crippen molar-refractivity contribution in [2.45, 2.75) is 13.1 Å². The van der Waals surface area contributed by atoms with Crippen LogP contribution in [0.25, 0.3) is 10.4 Å². The molecule has 10 heteroatoms. The smallest absolute Gasteiger partial charge is 0.416 e. The van der Waals surface area contributed by atoms with Gasteiger partial charge in [0.1, 0.15) is 11.6 Å². The van der Waals surface area contributed by atoms with Crippen LogP contribution in [0.1, 0.15) is 11.1 Å². The van der Waals surface area contributed by atoms with Crippen LogP contribution in [0.15, 0.2) is 29.4 Å². The Kier molecular flexibility index (Phi) is 4.61. The number of alkyl halides is 3. The van der Waals surface area contributed by atoms with Crippen molar-refractivity contribution in [1.82, 2.24) is 0 Å². The summed E-state index contributed by atoms with van der Waals surface area (Å²) < 4.78 is 83.4. The van der Waals surface area contributed by atoms with Crippen molar-refractivity contribution >= 4 is 5.69 Å². The number of azide groups is 1. The third-order valence-electron chi connectivity index (χ3n) is 2.93. The fourth-order valence-corrected chi connectivity index (χ4v) is 1.78. The lowest BCUT2D eigenvalue weighted by molar-refractivity contribution is -0.138. The Balaban J connectivity index is 2.53. The highest BCUT2D eigenvalue weighted by Gasteiger charge is 2.33. The molecule has 0 spiro atoms. The minimum atomic E-state index is -4.94. The van der Waals surface area contributed by atoms with Crippen LogP contribution < -0.4 is 4.74 Å². The van der Waals surface area contributed by atoms with E-state index in [4.69, 9.17) is 10.3 Å². The van der Waals surface area contributed by atoms with Gasteiger partial charge in [0.05, 0.1) is 11.3 Å². The average Bonchev–Trinajstić information content (AvgIpc) is 2.46. The number of aryl methyl sites for hydroxylation is 1. The molecule has 0 radical (unpaired) electrons. The summed E-state index contributed by atoms with van der Waals surface area (Å²) in [5.74, 6) is -5.54. The van der Waals surface area contributed by atoms with Crippen molar-refractivity contribution in [2.75, 3.05) is 0 Å². The molecule has 0 fully saturated rings. The summed E-state index contributed by atoms with van der Waals surface area (Å²) in [5.41, 5.74) is 6.47. The highest BCUT2D eigenvalue weighted by molar-refractivity contribution is 5.55. The van der Waals surface area contributed by atoms with Crippen LogP contribution in [-0.2, 0) is 6.18 Å². The summed E-state index contributed by atoms with van der Waals surface area (Å²) in [6, 6.07) is 1.88. The van der Waals surface area contributed by atoms with Gasteiger partial charge in [-0.3, -0.25) is 0 Å². The van der Waals surface area contributed by atoms with Gasteiger partial charge in [-0.15, -0.1) is 0 Å². The molecule has 0 N–H and O–H groups in total. The van der Waals surface area contributed by atoms with E-state index >= 15 is 0 Å². The van der Waals surface area contributed by atoms with E-state index in [1.165, 1.54) is 6.92 Å². The van der Waals surface area contributed by atoms with E-state index in [2.05, 4.69) is 10.0 Å². The van der Waals surface area contributed by atoms with Crippen LogP contribution >= 0.6 is 0 Å². The van der Waals surface area contributed by atoms with E-state index < -0.39 is 46.4 Å². The second-order valence-corrected chi connectivity index (χ2v) is 4.63. The predicted molar refractivity (Wildman–Crippen MR) is 71.4 cm³/mol. The quantitative estimate of drug-likeness (QED) is 0.284. The molecule has 0 heterocycles. The molecule has 126 valence electrons. The lowest BCUT2D eigenvalue weighted by Crippen LogP contribution is -2.07. The number of ether oxygens (including phenoxy) is 1. The molecule has 0 saturated heterocycles. The highest BCUT2D eigenvalue weighted by atomic mass is 19.4. The number of halogens is 6. The van der Waals surface area contributed by atoms with Crippen LogP contribution in [0.4, 0.5) is 32.0 Å². The summed E-state index contributed by atoms with van der Waals surface area (Å²) in [4.78, 5) is 2.41. The number of hydrogen-bond donors (Lipinski definition) is 0. The molecule has 2 aromatic carbocycles. The van der Waals surface area contributed by atoms with Gasteiger partial charge < -0.3 is 4.74 Å². The molecule has 2 rings (SSSR count). The Morgan fingerprint density at radius 3 is 2.08 bits per heavy atom. The van der Waals surface area contributed by atoms with Crippen molar-refractivity contribution in [3.05, 3.63) is 63.3 Å². The molecule has 4 nitrogen and oxygen atoms in total. The Labute approximate surface area is 130 Å². The first kappa shape index (κ1) is 17.5. The molecule has 0 atom stereocenters. The monoisotopic (exact) mass is 347 g/mol. The van der Waals surface area contributed by atoms with Crippen molar-refractivity contribution in [2.24, 2.45) is 5.11 Å². The fraction of sp³-hybridized carbons (Fsp3) is 0.143. The highest BCUT2D eigenvalue weighted by Crippen LogP contribution is 2.39. The molecule has 0 bridgehead atoms. The average molecular weight is 347 g/mol. The van der Waals surface area contributed by atoms with E-state index in [9.17, 15) is 26.3 Å². The SMILES string of the molecule is Cc1cc(Oc2c(F)cc(C(F)(F)F)cc2F)c(N=[N+]=[N-])cc1F. The van der Waals surface area contributed by atoms with Gasteiger partial charge in [-0.1, -0.05) is 5.11 Å². The normalized spacial score (nSPS) is 11.1. The van der Waals surface area contributed by atoms with Gasteiger partial charge in [0, 0.05) is 4.91 Å². The van der Waals surface area contributed by atoms with Crippen molar-refractivity contribution in [1.29, 1.82) is 0 Å². The molecule has 0 aliphatic rings. The molecular formula is C14H7F6N3O. The second-order valence-electron chi connectivity index (χ2n) is 4.63. The molecule has 24 heavy (non-hydrogen) atoms. The van der Waals surface area contributed by atoms with Crippen LogP contribution in [0.5, 0.6) is 11.5 Å². The summed E-state index contributed by atoms with van der Waals surface area (Å²) >= 11 is 0. The first-order valence-electron chi connectivity index (χ1n) is 6.23. The molecule has 0 aromatic heterocycles. The standard InChI is InChI=1S/C14H7F6N3O/c1-6-2-12(11(22-23-21)5-8(6)15)24-13-9(16)3-7(4-10(13)17)14(18,19)20/h2-5H,1H3. The van der Waals surface area contributed by atoms with E-state index in [1.54, 1.807) is 0 Å². The first-order valence-corrected chi connectivity index (χ1v) is 6.23. The van der Waals surface area contributed by atoms with Crippen molar-refractivity contribution < 1.29 is 31.1 Å². The number of nitrogens with zero attached hydrogens (tertiary/aromatic N) is 3. The van der Waals surface area contributed by atoms with Crippen LogP contribution in [-0.4, -0.2) is 0 Å². The zero-order valence-electron chi connectivity index (χ0n) is 11.8. The van der Waals surface area contributed by atoms with Crippen molar-refractivity contribution in [3.8, 4) is 11.5 Å². The first-order chi connectivity index (χ1) is 11.1. The molecule has 0 saturated carbocycles. The maximum atomic E-state index is 13.8. The third-order valence-corrected chi connectivity index (χ3v) is 2.93. The molecule has 2 aromatic rings. The number of hydrogen-bond acceptors (Lipinski definition) is 2. The van der Waals surface area contributed by atoms with Gasteiger partial charge in [-0.25, -0.2) is 13.2 Å². The lowest BCUT2D eigenvalue weighted by Gasteiger charge is -2.13. The molecule has 0 amide bonds. The van der Waals surface area contributed by atoms with Gasteiger partial charge in [-0.2, -0.15) is 13.2 Å². The van der Waals surface area contributed by atoms with E-state index in [-0.39, 0.29) is 17.7 Å². The fourth-order valence-electron chi connectivity index (χ4n) is 1.78. The topological polar surface area (TPSA) is 58.0 Å². The Morgan fingerprint density at radius 1 is 1.00 bits per heavy atom. The van der Waals surface area contributed by atoms with Crippen LogP contribution in [0.3, 0.4) is 0 Å². The van der Waals surface area contributed by atoms with Gasteiger partial charge in [-0.05, 0) is 42.3 Å². The van der Waals surface area contributed by atoms with E-state index in [0.29, 0.717) is 0 Å². The molecule has 0 unspecified atom stereocenters. The van der Waals surface area contributed by atoms with E-state index in [1.807, 2.05) is 0 Å². The van der Waals surface area contributed by atoms with Crippen LogP contribution in [0.2, 0.25) is 0 Å². The van der Waals surface area contributed by atoms with Gasteiger partial charge in [0.15, 0.2) is 17.4 Å². The van der Waals surface area contributed by atoms with E-state index in [0.717, 1.165) is 12.1 Å². The molecule has 0 aliphatic carbocycles. The molecular weight excluding hydrogens is 340 g/mol. The largest absolute Gasteiger partial charge is 0.451 e. The van der Waals surface area contributed by atoms with Gasteiger partial charge in [0.2, 0.25) is 0 Å². The van der Waals surface area contributed by atoms with Crippen LogP contribution in [0, 0.1) is 24.4 Å². The van der Waals surface area contributed by atoms with Gasteiger partial charge in [0.25, 0.3) is 0 Å². The third kappa shape index (κ3) is 3.54. The minimum absolute atomic E-state index is 0.00891. The Hall–Kier alpha value is -2.87. The zero-order chi connectivity index (χ0) is 18.1. The summed E-state index contributed by atoms with van der Waals surface area (Å²) in [7, 11) is 0. The van der Waals surface area contributed by atoms with Crippen molar-refractivity contribution in [3.63, 3.8) is 0 Å². The summed E-state index contributed by atoms with van der Waals surface area (Å²) in [6.45, 7) is 1.31. The zero-order valence-corrected chi connectivity index (χ0v) is 11.8. The number of benzene rings is 2. The Bertz CT molecular complexity index is 820. The summed E-state index contributed by atoms with van der Waals surface area (Å²) in [5, 5.41) is 3.11. The maximum Gasteiger partial charge on any atom is 0.416 e. The minimum Gasteiger partial charge on any atom is -0.451 e. The molecule has 0 aliphatic heterocycles. The second kappa shape index (κ2) is 6.32.